The normalized spacial score (nSPS) is 12.7. The van der Waals surface area contributed by atoms with E-state index in [1.807, 2.05) is 0 Å². The number of hydrogen-bond donors (Lipinski definition) is 0. The third-order valence-corrected chi connectivity index (χ3v) is 10.7. The fourth-order valence-electron chi connectivity index (χ4n) is 7.89. The number of aryl methyl sites for hydroxylation is 4. The van der Waals surface area contributed by atoms with Crippen LogP contribution in [0, 0.1) is 39.8 Å². The molecule has 1 aliphatic rings. The first-order chi connectivity index (χ1) is 23.7. The maximum atomic E-state index is 5.67. The SMILES string of the molecule is Cc1cc(C)c2[c-]c1-c1cccc(n1)B(c1ccccc1)c1cc(C(C)(C)C)cc3c1[n-]c1c(cc(C(C)(C)C)cc13)-c1[c-]c-2c(C)cc1C.[Au+3]. The maximum Gasteiger partial charge on any atom is 3.00 e. The van der Waals surface area contributed by atoms with Gasteiger partial charge in [0.05, 0.1) is 0 Å². The Morgan fingerprint density at radius 1 is 0.569 bits per heavy atom. The third kappa shape index (κ3) is 5.94. The van der Waals surface area contributed by atoms with Crippen LogP contribution < -0.4 is 21.5 Å². The van der Waals surface area contributed by atoms with E-state index in [1.54, 1.807) is 0 Å². The Balaban J connectivity index is 0.00000406. The van der Waals surface area contributed by atoms with E-state index in [2.05, 4.69) is 166 Å². The minimum atomic E-state index is -0.122. The van der Waals surface area contributed by atoms with E-state index < -0.39 is 0 Å². The molecule has 0 unspecified atom stereocenters. The molecule has 1 aliphatic heterocycles. The molecule has 8 bridgehead atoms. The van der Waals surface area contributed by atoms with E-state index >= 15 is 0 Å². The summed E-state index contributed by atoms with van der Waals surface area (Å²) in [4.78, 5) is 11.2. The molecule has 51 heavy (non-hydrogen) atoms. The zero-order valence-corrected chi connectivity index (χ0v) is 33.5. The molecule has 5 aromatic carbocycles. The first-order valence-electron chi connectivity index (χ1n) is 17.9. The summed E-state index contributed by atoms with van der Waals surface area (Å²) in [7, 11) is 0. The van der Waals surface area contributed by atoms with E-state index in [-0.39, 0.29) is 39.9 Å². The molecule has 0 amide bonds. The summed E-state index contributed by atoms with van der Waals surface area (Å²) >= 11 is 0. The van der Waals surface area contributed by atoms with Crippen molar-refractivity contribution in [1.29, 1.82) is 0 Å². The van der Waals surface area contributed by atoms with Gasteiger partial charge in [0.1, 0.15) is 0 Å². The van der Waals surface area contributed by atoms with Crippen molar-refractivity contribution < 1.29 is 22.4 Å². The summed E-state index contributed by atoms with van der Waals surface area (Å²) in [6.45, 7) is 22.5. The van der Waals surface area contributed by atoms with Crippen LogP contribution in [-0.2, 0) is 33.2 Å². The van der Waals surface area contributed by atoms with E-state index in [4.69, 9.17) is 9.97 Å². The second-order valence-corrected chi connectivity index (χ2v) is 16.6. The summed E-state index contributed by atoms with van der Waals surface area (Å²) < 4.78 is 0. The summed E-state index contributed by atoms with van der Waals surface area (Å²) in [6, 6.07) is 39.4. The van der Waals surface area contributed by atoms with Crippen LogP contribution in [0.1, 0.15) is 74.9 Å². The molecule has 0 spiro atoms. The molecule has 0 N–H and O–H groups in total. The first-order valence-corrected chi connectivity index (χ1v) is 17.9. The van der Waals surface area contributed by atoms with E-state index in [0.717, 1.165) is 50.1 Å². The molecule has 0 aliphatic carbocycles. The van der Waals surface area contributed by atoms with Gasteiger partial charge in [-0.2, -0.15) is 28.8 Å². The number of rotatable bonds is 1. The molecule has 4 heteroatoms. The van der Waals surface area contributed by atoms with Crippen LogP contribution in [0.3, 0.4) is 0 Å². The molecule has 256 valence electrons. The van der Waals surface area contributed by atoms with Gasteiger partial charge in [0.2, 0.25) is 0 Å². The number of fused-ring (bicyclic) bond motifs is 10. The second kappa shape index (κ2) is 12.5. The smallest absolute Gasteiger partial charge is 0.663 e. The van der Waals surface area contributed by atoms with Gasteiger partial charge >= 0.3 is 22.4 Å². The largest absolute Gasteiger partial charge is 3.00 e. The van der Waals surface area contributed by atoms with Gasteiger partial charge in [-0.1, -0.05) is 159 Å². The van der Waals surface area contributed by atoms with E-state index in [0.29, 0.717) is 0 Å². The van der Waals surface area contributed by atoms with Crippen molar-refractivity contribution in [2.75, 3.05) is 0 Å². The van der Waals surface area contributed by atoms with Gasteiger partial charge in [-0.15, -0.1) is 51.0 Å². The topological polar surface area (TPSA) is 27.0 Å². The Morgan fingerprint density at radius 3 is 1.75 bits per heavy atom. The molecule has 0 fully saturated rings. The summed E-state index contributed by atoms with van der Waals surface area (Å²) in [5, 5.41) is 2.40. The van der Waals surface area contributed by atoms with E-state index in [9.17, 15) is 0 Å². The van der Waals surface area contributed by atoms with Crippen LogP contribution in [0.5, 0.6) is 0 Å². The monoisotopic (exact) mass is 844 g/mol. The number of hydrogen-bond acceptors (Lipinski definition) is 1. The third-order valence-electron chi connectivity index (χ3n) is 10.7. The minimum Gasteiger partial charge on any atom is -0.663 e. The fraction of sp³-hybridized carbons (Fsp3) is 0.255. The number of benzene rings is 5. The molecule has 0 saturated heterocycles. The number of aromatic nitrogens is 2. The quantitative estimate of drug-likeness (QED) is 0.122. The maximum absolute atomic E-state index is 5.67. The standard InChI is InChI=1S/C47H44BN2.Au/c1-27-19-29(3)36-25-34(27)35-26-37(30(4)20-28(35)2)42-17-14-18-43(49-42)48(33-15-12-11-13-16-33)41-24-32(47(8,9)10)23-40-39-22-31(46(5,6)7)21-38(36)44(39)50-45(40)41;/h11-24H,1-10H3;/q-3;+3. The Labute approximate surface area is 319 Å². The predicted octanol–water partition coefficient (Wildman–Crippen LogP) is 9.60. The fourth-order valence-corrected chi connectivity index (χ4v) is 7.89. The minimum absolute atomic E-state index is 0. The van der Waals surface area contributed by atoms with Crippen molar-refractivity contribution >= 4 is 45.0 Å². The van der Waals surface area contributed by atoms with Crippen LogP contribution in [0.25, 0.3) is 55.3 Å². The second-order valence-electron chi connectivity index (χ2n) is 16.6. The summed E-state index contributed by atoms with van der Waals surface area (Å²) in [5.41, 5.74) is 19.0. The van der Waals surface area contributed by atoms with Gasteiger partial charge in [-0.3, -0.25) is 0 Å². The van der Waals surface area contributed by atoms with Crippen molar-refractivity contribution in [1.82, 2.24) is 9.97 Å². The zero-order valence-electron chi connectivity index (χ0n) is 31.4. The molecule has 7 aromatic rings. The van der Waals surface area contributed by atoms with E-state index in [1.165, 1.54) is 55.1 Å². The molecule has 8 rings (SSSR count). The molecular formula is C47H44AuBN2. The van der Waals surface area contributed by atoms with Gasteiger partial charge in [-0.25, -0.2) is 0 Å². The van der Waals surface area contributed by atoms with Gasteiger partial charge in [0, 0.05) is 11.3 Å². The Bertz CT molecular complexity index is 2490. The molecule has 3 heterocycles. The summed E-state index contributed by atoms with van der Waals surface area (Å²) in [5.74, 6) is 0. The average molecular weight is 845 g/mol. The molecule has 0 saturated carbocycles. The van der Waals surface area contributed by atoms with Gasteiger partial charge in [0.25, 0.3) is 6.71 Å². The molecular weight excluding hydrogens is 800 g/mol. The first kappa shape index (κ1) is 35.3. The van der Waals surface area contributed by atoms with Crippen LogP contribution in [0.2, 0.25) is 0 Å². The van der Waals surface area contributed by atoms with Crippen molar-refractivity contribution in [3.05, 3.63) is 130 Å². The molecule has 0 atom stereocenters. The number of nitrogens with zero attached hydrogens (tertiary/aromatic N) is 2. The Morgan fingerprint density at radius 2 is 1.12 bits per heavy atom. The summed E-state index contributed by atoms with van der Waals surface area (Å²) in [6.07, 6.45) is 0. The predicted molar refractivity (Wildman–Crippen MR) is 214 cm³/mol. The van der Waals surface area contributed by atoms with Gasteiger partial charge < -0.3 is 9.97 Å². The van der Waals surface area contributed by atoms with Crippen molar-refractivity contribution in [3.63, 3.8) is 0 Å². The van der Waals surface area contributed by atoms with Crippen LogP contribution in [0.15, 0.2) is 84.9 Å². The van der Waals surface area contributed by atoms with Gasteiger partial charge in [-0.05, 0) is 32.7 Å². The van der Waals surface area contributed by atoms with Crippen molar-refractivity contribution in [2.24, 2.45) is 0 Å². The average Bonchev–Trinajstić information content (AvgIpc) is 3.44. The molecule has 0 radical (unpaired) electrons. The number of pyridine rings is 1. The van der Waals surface area contributed by atoms with Crippen LogP contribution >= 0.6 is 0 Å². The van der Waals surface area contributed by atoms with Gasteiger partial charge in [0.15, 0.2) is 0 Å². The zero-order chi connectivity index (χ0) is 35.3. The van der Waals surface area contributed by atoms with Crippen LogP contribution in [0.4, 0.5) is 0 Å². The Hall–Kier alpha value is -4.14. The van der Waals surface area contributed by atoms with Crippen LogP contribution in [-0.4, -0.2) is 11.7 Å². The van der Waals surface area contributed by atoms with Crippen molar-refractivity contribution in [3.8, 4) is 33.5 Å². The molecule has 2 nitrogen and oxygen atoms in total. The molecule has 2 aromatic heterocycles. The van der Waals surface area contributed by atoms with Crippen molar-refractivity contribution in [2.45, 2.75) is 80.1 Å². The Kier molecular flexibility index (Phi) is 8.66.